The molecule has 0 bridgehead atoms. The minimum absolute atomic E-state index is 0.145. The highest BCUT2D eigenvalue weighted by atomic mass is 79.9. The zero-order valence-electron chi connectivity index (χ0n) is 11.3. The van der Waals surface area contributed by atoms with Crippen molar-refractivity contribution in [2.75, 3.05) is 5.32 Å². The van der Waals surface area contributed by atoms with Crippen LogP contribution >= 0.6 is 15.9 Å². The van der Waals surface area contributed by atoms with Gasteiger partial charge in [-0.15, -0.1) is 0 Å². The Kier molecular flexibility index (Phi) is 3.66. The van der Waals surface area contributed by atoms with Gasteiger partial charge in [0.2, 0.25) is 0 Å². The number of rotatable bonds is 2. The van der Waals surface area contributed by atoms with Gasteiger partial charge in [-0.25, -0.2) is 0 Å². The topological polar surface area (TPSA) is 54.9 Å². The average Bonchev–Trinajstić information content (AvgIpc) is 2.50. The maximum Gasteiger partial charge on any atom is 0.255 e. The largest absolute Gasteiger partial charge is 0.322 e. The predicted octanol–water partition coefficient (Wildman–Crippen LogP) is 3.95. The summed E-state index contributed by atoms with van der Waals surface area (Å²) in [6.07, 6.45) is 3.28. The van der Waals surface area contributed by atoms with E-state index in [1.807, 2.05) is 37.3 Å². The molecule has 3 rings (SSSR count). The molecule has 21 heavy (non-hydrogen) atoms. The highest BCUT2D eigenvalue weighted by molar-refractivity contribution is 9.10. The van der Waals surface area contributed by atoms with Crippen molar-refractivity contribution >= 4 is 38.6 Å². The van der Waals surface area contributed by atoms with Crippen molar-refractivity contribution in [2.24, 2.45) is 0 Å². The number of halogens is 1. The summed E-state index contributed by atoms with van der Waals surface area (Å²) in [6, 6.07) is 11.0. The van der Waals surface area contributed by atoms with Gasteiger partial charge in [0.25, 0.3) is 5.91 Å². The molecule has 4 nitrogen and oxygen atoms in total. The summed E-state index contributed by atoms with van der Waals surface area (Å²) in [5, 5.41) is 2.88. The lowest BCUT2D eigenvalue weighted by Gasteiger charge is -2.07. The molecule has 0 radical (unpaired) electrons. The third kappa shape index (κ3) is 2.92. The van der Waals surface area contributed by atoms with Crippen molar-refractivity contribution in [1.82, 2.24) is 9.97 Å². The fraction of sp³-hybridized carbons (Fsp3) is 0.0625. The van der Waals surface area contributed by atoms with Gasteiger partial charge in [-0.1, -0.05) is 15.9 Å². The molecule has 1 amide bonds. The number of aromatic nitrogens is 2. The summed E-state index contributed by atoms with van der Waals surface area (Å²) in [6.45, 7) is 1.95. The van der Waals surface area contributed by atoms with Crippen LogP contribution in [0.4, 0.5) is 5.69 Å². The third-order valence-corrected chi connectivity index (χ3v) is 4.04. The van der Waals surface area contributed by atoms with Crippen LogP contribution in [0.2, 0.25) is 0 Å². The van der Waals surface area contributed by atoms with E-state index in [1.54, 1.807) is 18.5 Å². The van der Waals surface area contributed by atoms with E-state index < -0.39 is 0 Å². The first-order valence-corrected chi connectivity index (χ1v) is 7.21. The van der Waals surface area contributed by atoms with Gasteiger partial charge in [-0.3, -0.25) is 14.8 Å². The van der Waals surface area contributed by atoms with E-state index >= 15 is 0 Å². The van der Waals surface area contributed by atoms with Crippen LogP contribution in [0.3, 0.4) is 0 Å². The monoisotopic (exact) mass is 341 g/mol. The van der Waals surface area contributed by atoms with Gasteiger partial charge in [0.1, 0.15) is 0 Å². The van der Waals surface area contributed by atoms with Crippen LogP contribution in [0.25, 0.3) is 11.0 Å². The zero-order valence-corrected chi connectivity index (χ0v) is 12.9. The summed E-state index contributed by atoms with van der Waals surface area (Å²) in [4.78, 5) is 20.7. The van der Waals surface area contributed by atoms with Gasteiger partial charge in [0.05, 0.1) is 11.0 Å². The standard InChI is InChI=1S/C16H12BrN3O/c1-10-8-11(2-4-13(10)17)16(21)20-12-3-5-14-15(9-12)19-7-6-18-14/h2-9H,1H3,(H,20,21). The second-order valence-corrected chi connectivity index (χ2v) is 5.53. The highest BCUT2D eigenvalue weighted by Crippen LogP contribution is 2.19. The van der Waals surface area contributed by atoms with Crippen molar-refractivity contribution < 1.29 is 4.79 Å². The van der Waals surface area contributed by atoms with E-state index in [0.29, 0.717) is 11.3 Å². The first-order valence-electron chi connectivity index (χ1n) is 6.42. The summed E-state index contributed by atoms with van der Waals surface area (Å²) in [5.74, 6) is -0.145. The Bertz CT molecular complexity index is 833. The molecule has 104 valence electrons. The second-order valence-electron chi connectivity index (χ2n) is 4.68. The number of anilines is 1. The summed E-state index contributed by atoms with van der Waals surface area (Å²) in [5.41, 5.74) is 3.90. The Balaban J connectivity index is 1.87. The van der Waals surface area contributed by atoms with Gasteiger partial charge in [0, 0.05) is 28.1 Å². The lowest BCUT2D eigenvalue weighted by molar-refractivity contribution is 0.102. The van der Waals surface area contributed by atoms with Crippen LogP contribution in [0.1, 0.15) is 15.9 Å². The average molecular weight is 342 g/mol. The highest BCUT2D eigenvalue weighted by Gasteiger charge is 2.08. The van der Waals surface area contributed by atoms with E-state index in [0.717, 1.165) is 21.1 Å². The molecule has 1 heterocycles. The van der Waals surface area contributed by atoms with E-state index in [4.69, 9.17) is 0 Å². The van der Waals surface area contributed by atoms with Crippen LogP contribution in [-0.4, -0.2) is 15.9 Å². The molecular weight excluding hydrogens is 330 g/mol. The second kappa shape index (κ2) is 5.61. The number of benzene rings is 2. The maximum absolute atomic E-state index is 12.3. The molecule has 1 N–H and O–H groups in total. The molecule has 0 saturated carbocycles. The van der Waals surface area contributed by atoms with Gasteiger partial charge in [0.15, 0.2) is 0 Å². The van der Waals surface area contributed by atoms with Crippen LogP contribution in [0.15, 0.2) is 53.3 Å². The molecular formula is C16H12BrN3O. The Hall–Kier alpha value is -2.27. The number of amides is 1. The normalized spacial score (nSPS) is 10.6. The summed E-state index contributed by atoms with van der Waals surface area (Å²) in [7, 11) is 0. The maximum atomic E-state index is 12.3. The predicted molar refractivity (Wildman–Crippen MR) is 86.4 cm³/mol. The number of carbonyl (C=O) groups excluding carboxylic acids is 1. The Morgan fingerprint density at radius 2 is 1.81 bits per heavy atom. The Labute approximate surface area is 130 Å². The lowest BCUT2D eigenvalue weighted by atomic mass is 10.1. The minimum Gasteiger partial charge on any atom is -0.322 e. The summed E-state index contributed by atoms with van der Waals surface area (Å²) < 4.78 is 0.986. The van der Waals surface area contributed by atoms with Crippen molar-refractivity contribution in [1.29, 1.82) is 0 Å². The molecule has 0 aliphatic carbocycles. The number of hydrogen-bond acceptors (Lipinski definition) is 3. The van der Waals surface area contributed by atoms with Gasteiger partial charge in [-0.05, 0) is 48.9 Å². The Morgan fingerprint density at radius 3 is 2.57 bits per heavy atom. The number of aryl methyl sites for hydroxylation is 1. The summed E-state index contributed by atoms with van der Waals surface area (Å²) >= 11 is 3.43. The van der Waals surface area contributed by atoms with Crippen LogP contribution < -0.4 is 5.32 Å². The van der Waals surface area contributed by atoms with Crippen molar-refractivity contribution in [3.63, 3.8) is 0 Å². The van der Waals surface area contributed by atoms with E-state index in [9.17, 15) is 4.79 Å². The zero-order chi connectivity index (χ0) is 14.8. The van der Waals surface area contributed by atoms with Crippen LogP contribution in [0.5, 0.6) is 0 Å². The molecule has 0 aliphatic rings. The first-order chi connectivity index (χ1) is 10.1. The molecule has 0 aliphatic heterocycles. The first kappa shape index (κ1) is 13.7. The number of hydrogen-bond donors (Lipinski definition) is 1. The quantitative estimate of drug-likeness (QED) is 0.767. The van der Waals surface area contributed by atoms with Crippen molar-refractivity contribution in [3.05, 3.63) is 64.4 Å². The Morgan fingerprint density at radius 1 is 1.05 bits per heavy atom. The fourth-order valence-electron chi connectivity index (χ4n) is 2.03. The number of fused-ring (bicyclic) bond motifs is 1. The SMILES string of the molecule is Cc1cc(C(=O)Nc2ccc3nccnc3c2)ccc1Br. The van der Waals surface area contributed by atoms with Gasteiger partial charge < -0.3 is 5.32 Å². The number of nitrogens with zero attached hydrogens (tertiary/aromatic N) is 2. The van der Waals surface area contributed by atoms with Crippen LogP contribution in [-0.2, 0) is 0 Å². The van der Waals surface area contributed by atoms with Crippen molar-refractivity contribution in [3.8, 4) is 0 Å². The smallest absolute Gasteiger partial charge is 0.255 e. The van der Waals surface area contributed by atoms with Crippen LogP contribution in [0, 0.1) is 6.92 Å². The molecule has 2 aromatic carbocycles. The van der Waals surface area contributed by atoms with E-state index in [2.05, 4.69) is 31.2 Å². The molecule has 0 spiro atoms. The van der Waals surface area contributed by atoms with Gasteiger partial charge in [-0.2, -0.15) is 0 Å². The van der Waals surface area contributed by atoms with Gasteiger partial charge >= 0.3 is 0 Å². The molecule has 1 aromatic heterocycles. The lowest BCUT2D eigenvalue weighted by Crippen LogP contribution is -2.12. The van der Waals surface area contributed by atoms with E-state index in [-0.39, 0.29) is 5.91 Å². The molecule has 0 unspecified atom stereocenters. The molecule has 0 saturated heterocycles. The van der Waals surface area contributed by atoms with E-state index in [1.165, 1.54) is 0 Å². The number of carbonyl (C=O) groups is 1. The molecule has 0 atom stereocenters. The molecule has 5 heteroatoms. The molecule has 0 fully saturated rings. The fourth-order valence-corrected chi connectivity index (χ4v) is 2.28. The minimum atomic E-state index is -0.145. The third-order valence-electron chi connectivity index (χ3n) is 3.15. The van der Waals surface area contributed by atoms with Crippen molar-refractivity contribution in [2.45, 2.75) is 6.92 Å². The number of nitrogens with one attached hydrogen (secondary N) is 1. The molecule has 3 aromatic rings.